The van der Waals surface area contributed by atoms with E-state index in [-0.39, 0.29) is 0 Å². The Bertz CT molecular complexity index is 3190. The Labute approximate surface area is 317 Å². The fourth-order valence-electron chi connectivity index (χ4n) is 8.42. The lowest BCUT2D eigenvalue weighted by Crippen LogP contribution is -2.09. The molecule has 2 heteroatoms. The van der Waals surface area contributed by atoms with Gasteiger partial charge in [-0.1, -0.05) is 152 Å². The van der Waals surface area contributed by atoms with Crippen molar-refractivity contribution in [3.8, 4) is 22.3 Å². The van der Waals surface area contributed by atoms with E-state index < -0.39 is 0 Å². The van der Waals surface area contributed by atoms with Crippen molar-refractivity contribution in [2.45, 2.75) is 0 Å². The van der Waals surface area contributed by atoms with Crippen molar-refractivity contribution in [2.75, 3.05) is 4.90 Å². The van der Waals surface area contributed by atoms with Crippen molar-refractivity contribution in [2.24, 2.45) is 0 Å². The van der Waals surface area contributed by atoms with Crippen LogP contribution in [0.4, 0.5) is 17.1 Å². The summed E-state index contributed by atoms with van der Waals surface area (Å²) in [6, 6.07) is 73.4. The maximum atomic E-state index is 2.40. The summed E-state index contributed by atoms with van der Waals surface area (Å²) in [5, 5.41) is 12.9. The number of rotatable bonds is 5. The van der Waals surface area contributed by atoms with E-state index in [1.807, 2.05) is 11.3 Å². The average molecular weight is 704 g/mol. The molecular weight excluding hydrogens is 671 g/mol. The molecule has 54 heavy (non-hydrogen) atoms. The number of fused-ring (bicyclic) bond motifs is 10. The highest BCUT2D eigenvalue weighted by molar-refractivity contribution is 7.26. The van der Waals surface area contributed by atoms with Crippen LogP contribution in [-0.2, 0) is 0 Å². The van der Waals surface area contributed by atoms with Gasteiger partial charge < -0.3 is 4.90 Å². The van der Waals surface area contributed by atoms with Gasteiger partial charge in [-0.2, -0.15) is 0 Å². The van der Waals surface area contributed by atoms with Gasteiger partial charge in [0.25, 0.3) is 0 Å². The summed E-state index contributed by atoms with van der Waals surface area (Å²) >= 11 is 1.89. The van der Waals surface area contributed by atoms with Gasteiger partial charge in [0.2, 0.25) is 0 Å². The Morgan fingerprint density at radius 3 is 1.63 bits per heavy atom. The lowest BCUT2D eigenvalue weighted by Gasteiger charge is -2.26. The second kappa shape index (κ2) is 12.4. The number of anilines is 3. The number of benzene rings is 10. The second-order valence-electron chi connectivity index (χ2n) is 14.1. The highest BCUT2D eigenvalue weighted by Crippen LogP contribution is 2.44. The Morgan fingerprint density at radius 1 is 0.315 bits per heavy atom. The normalized spacial score (nSPS) is 11.7. The third-order valence-corrected chi connectivity index (χ3v) is 12.2. The molecule has 0 N–H and O–H groups in total. The minimum atomic E-state index is 1.12. The Hall–Kier alpha value is -6.74. The molecule has 1 aromatic heterocycles. The van der Waals surface area contributed by atoms with Crippen LogP contribution in [0.25, 0.3) is 85.5 Å². The van der Waals surface area contributed by atoms with Gasteiger partial charge in [-0.25, -0.2) is 0 Å². The molecule has 252 valence electrons. The van der Waals surface area contributed by atoms with E-state index >= 15 is 0 Å². The molecule has 0 aliphatic heterocycles. The van der Waals surface area contributed by atoms with Gasteiger partial charge in [0.15, 0.2) is 0 Å². The summed E-state index contributed by atoms with van der Waals surface area (Å²) < 4.78 is 2.65. The summed E-state index contributed by atoms with van der Waals surface area (Å²) in [7, 11) is 0. The SMILES string of the molecule is c1ccc(-c2ccc(N(c3ccc(-c4cc5ccc6ccccc6c5c5ccccc45)cc3)c3ccc4sc5c6ccccc6ccc5c4c3)cc2)cc1. The molecule has 0 bridgehead atoms. The van der Waals surface area contributed by atoms with Gasteiger partial charge in [0, 0.05) is 37.2 Å². The van der Waals surface area contributed by atoms with Gasteiger partial charge >= 0.3 is 0 Å². The van der Waals surface area contributed by atoms with Crippen LogP contribution >= 0.6 is 11.3 Å². The van der Waals surface area contributed by atoms with Gasteiger partial charge in [-0.3, -0.25) is 0 Å². The van der Waals surface area contributed by atoms with Crippen LogP contribution in [-0.4, -0.2) is 0 Å². The van der Waals surface area contributed by atoms with Gasteiger partial charge in [0.05, 0.1) is 0 Å². The number of thiophene rings is 1. The van der Waals surface area contributed by atoms with E-state index in [2.05, 4.69) is 205 Å². The first kappa shape index (κ1) is 30.8. The molecule has 0 aliphatic rings. The molecule has 1 nitrogen and oxygen atoms in total. The Morgan fingerprint density at radius 2 is 0.870 bits per heavy atom. The molecule has 0 saturated heterocycles. The zero-order chi connectivity index (χ0) is 35.6. The van der Waals surface area contributed by atoms with Gasteiger partial charge in [0.1, 0.15) is 0 Å². The topological polar surface area (TPSA) is 3.24 Å². The first-order valence-corrected chi connectivity index (χ1v) is 19.3. The highest BCUT2D eigenvalue weighted by atomic mass is 32.1. The highest BCUT2D eigenvalue weighted by Gasteiger charge is 2.17. The molecule has 0 unspecified atom stereocenters. The van der Waals surface area contributed by atoms with Crippen LogP contribution in [0.3, 0.4) is 0 Å². The van der Waals surface area contributed by atoms with Crippen LogP contribution in [0.5, 0.6) is 0 Å². The second-order valence-corrected chi connectivity index (χ2v) is 15.1. The molecule has 0 radical (unpaired) electrons. The van der Waals surface area contributed by atoms with Crippen LogP contribution in [0.15, 0.2) is 200 Å². The van der Waals surface area contributed by atoms with Crippen molar-refractivity contribution in [1.29, 1.82) is 0 Å². The molecule has 11 aromatic rings. The van der Waals surface area contributed by atoms with E-state index in [0.29, 0.717) is 0 Å². The fourth-order valence-corrected chi connectivity index (χ4v) is 9.64. The van der Waals surface area contributed by atoms with Crippen molar-refractivity contribution in [1.82, 2.24) is 0 Å². The standard InChI is InChI=1S/C52H33NS/c1-2-10-34(11-3-1)35-20-25-40(26-21-35)53(42-29-31-50-49(33-42)47-30-24-37-13-5-7-15-44(37)52(47)54-50)41-27-22-38(23-28-41)48-32-39-19-18-36-12-4-6-14-43(36)51(39)46-17-9-8-16-45(46)48/h1-33H. The molecule has 0 spiro atoms. The molecule has 1 heterocycles. The first-order valence-electron chi connectivity index (χ1n) is 18.5. The molecule has 0 aliphatic carbocycles. The summed E-state index contributed by atoms with van der Waals surface area (Å²) in [5.74, 6) is 0. The zero-order valence-corrected chi connectivity index (χ0v) is 30.2. The van der Waals surface area contributed by atoms with Crippen LogP contribution in [0, 0.1) is 0 Å². The lowest BCUT2D eigenvalue weighted by molar-refractivity contribution is 1.29. The van der Waals surface area contributed by atoms with Crippen LogP contribution in [0.2, 0.25) is 0 Å². The summed E-state index contributed by atoms with van der Waals surface area (Å²) in [4.78, 5) is 2.40. The van der Waals surface area contributed by atoms with E-state index in [1.165, 1.54) is 85.5 Å². The number of nitrogens with zero attached hydrogens (tertiary/aromatic N) is 1. The average Bonchev–Trinajstić information content (AvgIpc) is 3.63. The maximum Gasteiger partial charge on any atom is 0.0468 e. The van der Waals surface area contributed by atoms with E-state index in [1.54, 1.807) is 0 Å². The van der Waals surface area contributed by atoms with Crippen molar-refractivity contribution in [3.63, 3.8) is 0 Å². The first-order chi connectivity index (χ1) is 26.8. The number of hydrogen-bond acceptors (Lipinski definition) is 2. The fraction of sp³-hybridized carbons (Fsp3) is 0. The maximum absolute atomic E-state index is 2.40. The molecular formula is C52H33NS. The summed E-state index contributed by atoms with van der Waals surface area (Å²) in [5.41, 5.74) is 8.25. The lowest BCUT2D eigenvalue weighted by atomic mass is 9.90. The van der Waals surface area contributed by atoms with E-state index in [4.69, 9.17) is 0 Å². The van der Waals surface area contributed by atoms with Gasteiger partial charge in [-0.05, 0) is 114 Å². The van der Waals surface area contributed by atoms with E-state index in [9.17, 15) is 0 Å². The molecule has 0 amide bonds. The molecule has 11 rings (SSSR count). The third kappa shape index (κ3) is 4.99. The minimum absolute atomic E-state index is 1.12. The largest absolute Gasteiger partial charge is 0.310 e. The number of hydrogen-bond donors (Lipinski definition) is 0. The summed E-state index contributed by atoms with van der Waals surface area (Å²) in [6.45, 7) is 0. The van der Waals surface area contributed by atoms with Crippen LogP contribution < -0.4 is 4.90 Å². The minimum Gasteiger partial charge on any atom is -0.310 e. The monoisotopic (exact) mass is 703 g/mol. The van der Waals surface area contributed by atoms with Crippen molar-refractivity contribution < 1.29 is 0 Å². The van der Waals surface area contributed by atoms with Gasteiger partial charge in [-0.15, -0.1) is 11.3 Å². The van der Waals surface area contributed by atoms with Crippen LogP contribution in [0.1, 0.15) is 0 Å². The van der Waals surface area contributed by atoms with Crippen molar-refractivity contribution in [3.05, 3.63) is 200 Å². The Kier molecular flexibility index (Phi) is 7.11. The zero-order valence-electron chi connectivity index (χ0n) is 29.4. The van der Waals surface area contributed by atoms with Crippen molar-refractivity contribution >= 4 is 91.7 Å². The Balaban J connectivity index is 1.06. The predicted octanol–water partition coefficient (Wildman–Crippen LogP) is 15.5. The summed E-state index contributed by atoms with van der Waals surface area (Å²) in [6.07, 6.45) is 0. The predicted molar refractivity (Wildman–Crippen MR) is 235 cm³/mol. The molecule has 0 saturated carbocycles. The smallest absolute Gasteiger partial charge is 0.0468 e. The van der Waals surface area contributed by atoms with E-state index in [0.717, 1.165) is 17.1 Å². The molecule has 10 aromatic carbocycles. The quantitative estimate of drug-likeness (QED) is 0.161. The molecule has 0 atom stereocenters. The third-order valence-electron chi connectivity index (χ3n) is 11.0. The molecule has 0 fully saturated rings.